The molecule has 1 unspecified atom stereocenters. The van der Waals surface area contributed by atoms with Gasteiger partial charge in [-0.25, -0.2) is 9.59 Å². The third kappa shape index (κ3) is 13.5. The Balaban J connectivity index is 1.40. The third-order valence-corrected chi connectivity index (χ3v) is 6.39. The zero-order valence-corrected chi connectivity index (χ0v) is 24.6. The van der Waals surface area contributed by atoms with Crippen LogP contribution >= 0.6 is 0 Å². The second-order valence-electron chi connectivity index (χ2n) is 9.92. The molecule has 3 aromatic carbocycles. The first-order valence-electron chi connectivity index (χ1n) is 14.5. The molecule has 11 heteroatoms. The van der Waals surface area contributed by atoms with Crippen LogP contribution in [0.15, 0.2) is 91.0 Å². The molecule has 0 aromatic heterocycles. The molecule has 0 aliphatic carbocycles. The number of amides is 2. The molecule has 0 aliphatic heterocycles. The molecule has 0 aliphatic rings. The van der Waals surface area contributed by atoms with Crippen molar-refractivity contribution in [3.8, 4) is 0 Å². The predicted octanol–water partition coefficient (Wildman–Crippen LogP) is 3.87. The zero-order chi connectivity index (χ0) is 31.4. The molecule has 0 heterocycles. The Morgan fingerprint density at radius 1 is 0.705 bits per heavy atom. The lowest BCUT2D eigenvalue weighted by Crippen LogP contribution is -2.43. The average molecular weight is 606 g/mol. The van der Waals surface area contributed by atoms with Crippen LogP contribution in [0.2, 0.25) is 0 Å². The van der Waals surface area contributed by atoms with Gasteiger partial charge >= 0.3 is 23.9 Å². The maximum Gasteiger partial charge on any atom is 0.410 e. The van der Waals surface area contributed by atoms with E-state index < -0.39 is 36.7 Å². The zero-order valence-electron chi connectivity index (χ0n) is 24.6. The molecule has 0 spiro atoms. The Morgan fingerprint density at radius 3 is 1.82 bits per heavy atom. The number of hydrogen-bond acceptors (Lipinski definition) is 8. The minimum Gasteiger partial charge on any atom is -0.480 e. The minimum absolute atomic E-state index is 0.0150. The summed E-state index contributed by atoms with van der Waals surface area (Å²) < 4.78 is 16.3. The van der Waals surface area contributed by atoms with Gasteiger partial charge in [0.05, 0.1) is 6.61 Å². The summed E-state index contributed by atoms with van der Waals surface area (Å²) >= 11 is 0. The van der Waals surface area contributed by atoms with Crippen molar-refractivity contribution in [2.45, 2.75) is 45.3 Å². The van der Waals surface area contributed by atoms with Gasteiger partial charge in [-0.1, -0.05) is 91.0 Å². The van der Waals surface area contributed by atoms with Gasteiger partial charge in [-0.15, -0.1) is 0 Å². The highest BCUT2D eigenvalue weighted by molar-refractivity contribution is 6.32. The Morgan fingerprint density at radius 2 is 1.25 bits per heavy atom. The van der Waals surface area contributed by atoms with Gasteiger partial charge in [0.2, 0.25) is 0 Å². The molecule has 1 atom stereocenters. The van der Waals surface area contributed by atoms with Crippen molar-refractivity contribution in [3.63, 3.8) is 0 Å². The quantitative estimate of drug-likeness (QED) is 0.0852. The number of benzene rings is 3. The normalized spacial score (nSPS) is 11.3. The fourth-order valence-electron chi connectivity index (χ4n) is 4.08. The first-order valence-corrected chi connectivity index (χ1v) is 14.5. The molecular formula is C33H39N3O8. The number of carboxylic acid groups (broad SMARTS) is 1. The SMILES string of the molecule is O=C(O)CN(CCCCNCCC(NC(=O)C(=O)OCc1ccccc1)OCc1ccccc1)C(=O)OCc1ccccc1. The molecule has 0 saturated carbocycles. The van der Waals surface area contributed by atoms with Crippen LogP contribution in [0, 0.1) is 0 Å². The van der Waals surface area contributed by atoms with E-state index in [1.165, 1.54) is 4.90 Å². The molecule has 234 valence electrons. The average Bonchev–Trinajstić information content (AvgIpc) is 3.05. The number of nitrogens with zero attached hydrogens (tertiary/aromatic N) is 1. The first kappa shape index (κ1) is 33.8. The summed E-state index contributed by atoms with van der Waals surface area (Å²) in [7, 11) is 0. The van der Waals surface area contributed by atoms with Crippen LogP contribution in [0.1, 0.15) is 36.0 Å². The summed E-state index contributed by atoms with van der Waals surface area (Å²) in [5.74, 6) is -3.01. The number of rotatable bonds is 18. The number of esters is 1. The number of unbranched alkanes of at least 4 members (excludes halogenated alkanes) is 1. The molecule has 0 bridgehead atoms. The fourth-order valence-corrected chi connectivity index (χ4v) is 4.08. The maximum atomic E-state index is 12.5. The maximum absolute atomic E-state index is 12.5. The lowest BCUT2D eigenvalue weighted by Gasteiger charge is -2.21. The number of hydrogen-bond donors (Lipinski definition) is 3. The molecule has 3 N–H and O–H groups in total. The van der Waals surface area contributed by atoms with Crippen LogP contribution in [0.5, 0.6) is 0 Å². The number of aliphatic carboxylic acids is 1. The fraction of sp³-hybridized carbons (Fsp3) is 0.333. The molecule has 3 rings (SSSR count). The van der Waals surface area contributed by atoms with E-state index in [9.17, 15) is 24.3 Å². The van der Waals surface area contributed by atoms with Gasteiger partial charge in [-0.3, -0.25) is 14.5 Å². The van der Waals surface area contributed by atoms with Gasteiger partial charge in [-0.05, 0) is 42.6 Å². The largest absolute Gasteiger partial charge is 0.480 e. The van der Waals surface area contributed by atoms with Gasteiger partial charge in [-0.2, -0.15) is 0 Å². The van der Waals surface area contributed by atoms with Gasteiger partial charge < -0.3 is 30.0 Å². The van der Waals surface area contributed by atoms with Gasteiger partial charge in [0.15, 0.2) is 0 Å². The van der Waals surface area contributed by atoms with Gasteiger partial charge in [0.25, 0.3) is 0 Å². The van der Waals surface area contributed by atoms with E-state index in [1.54, 1.807) is 12.1 Å². The smallest absolute Gasteiger partial charge is 0.410 e. The number of carboxylic acids is 1. The summed E-state index contributed by atoms with van der Waals surface area (Å²) in [4.78, 5) is 49.7. The highest BCUT2D eigenvalue weighted by atomic mass is 16.6. The van der Waals surface area contributed by atoms with Crippen LogP contribution in [-0.2, 0) is 48.4 Å². The molecule has 3 aromatic rings. The summed E-state index contributed by atoms with van der Waals surface area (Å²) in [6.45, 7) is 1.12. The number of ether oxygens (including phenoxy) is 3. The Labute approximate surface area is 257 Å². The Bertz CT molecular complexity index is 1290. The van der Waals surface area contributed by atoms with E-state index in [0.29, 0.717) is 32.4 Å². The van der Waals surface area contributed by atoms with E-state index in [4.69, 9.17) is 14.2 Å². The van der Waals surface area contributed by atoms with Crippen molar-refractivity contribution >= 4 is 23.9 Å². The van der Waals surface area contributed by atoms with Crippen LogP contribution in [-0.4, -0.2) is 66.4 Å². The minimum atomic E-state index is -1.12. The van der Waals surface area contributed by atoms with E-state index in [2.05, 4.69) is 10.6 Å². The summed E-state index contributed by atoms with van der Waals surface area (Å²) in [5.41, 5.74) is 2.50. The highest BCUT2D eigenvalue weighted by Crippen LogP contribution is 2.07. The van der Waals surface area contributed by atoms with Crippen molar-refractivity contribution in [2.24, 2.45) is 0 Å². The molecule has 2 amide bonds. The standard InChI is InChI=1S/C33H39N3O8/c37-30(38)22-36(33(41)44-25-28-16-8-3-9-17-28)21-11-10-19-34-20-18-29(42-23-26-12-4-1-5-13-26)35-31(39)32(40)43-24-27-14-6-2-7-15-27/h1-9,12-17,29,34H,10-11,18-25H2,(H,35,39)(H,37,38). The van der Waals surface area contributed by atoms with Crippen molar-refractivity contribution in [3.05, 3.63) is 108 Å². The predicted molar refractivity (Wildman–Crippen MR) is 162 cm³/mol. The van der Waals surface area contributed by atoms with Gasteiger partial charge in [0, 0.05) is 13.0 Å². The van der Waals surface area contributed by atoms with Crippen LogP contribution in [0.4, 0.5) is 4.79 Å². The van der Waals surface area contributed by atoms with Gasteiger partial charge in [0.1, 0.15) is 26.0 Å². The van der Waals surface area contributed by atoms with Crippen molar-refractivity contribution < 1.29 is 38.5 Å². The molecular weight excluding hydrogens is 566 g/mol. The number of nitrogens with one attached hydrogen (secondary N) is 2. The second kappa shape index (κ2) is 19.4. The van der Waals surface area contributed by atoms with Crippen molar-refractivity contribution in [1.82, 2.24) is 15.5 Å². The Hall–Kier alpha value is -4.74. The van der Waals surface area contributed by atoms with E-state index in [-0.39, 0.29) is 26.4 Å². The summed E-state index contributed by atoms with van der Waals surface area (Å²) in [5, 5.41) is 15.1. The summed E-state index contributed by atoms with van der Waals surface area (Å²) in [6, 6.07) is 27.7. The first-order chi connectivity index (χ1) is 21.4. The van der Waals surface area contributed by atoms with E-state index in [1.807, 2.05) is 78.9 Å². The topological polar surface area (TPSA) is 143 Å². The number of carbonyl (C=O) groups excluding carboxylic acids is 3. The van der Waals surface area contributed by atoms with E-state index in [0.717, 1.165) is 16.7 Å². The lowest BCUT2D eigenvalue weighted by atomic mass is 10.2. The number of carbonyl (C=O) groups is 4. The highest BCUT2D eigenvalue weighted by Gasteiger charge is 2.21. The Kier molecular flexibility index (Phi) is 14.9. The lowest BCUT2D eigenvalue weighted by molar-refractivity contribution is -0.158. The second-order valence-corrected chi connectivity index (χ2v) is 9.92. The van der Waals surface area contributed by atoms with Crippen LogP contribution in [0.25, 0.3) is 0 Å². The summed E-state index contributed by atoms with van der Waals surface area (Å²) in [6.07, 6.45) is 0.168. The monoisotopic (exact) mass is 605 g/mol. The molecule has 44 heavy (non-hydrogen) atoms. The van der Waals surface area contributed by atoms with Crippen molar-refractivity contribution in [2.75, 3.05) is 26.2 Å². The van der Waals surface area contributed by atoms with Crippen LogP contribution in [0.3, 0.4) is 0 Å². The molecule has 0 radical (unpaired) electrons. The van der Waals surface area contributed by atoms with Crippen molar-refractivity contribution in [1.29, 1.82) is 0 Å². The molecule has 0 fully saturated rings. The van der Waals surface area contributed by atoms with Crippen LogP contribution < -0.4 is 10.6 Å². The molecule has 0 saturated heterocycles. The molecule has 11 nitrogen and oxygen atoms in total. The van der Waals surface area contributed by atoms with E-state index >= 15 is 0 Å². The third-order valence-electron chi connectivity index (χ3n) is 6.39.